The summed E-state index contributed by atoms with van der Waals surface area (Å²) in [5, 5.41) is 13.1. The van der Waals surface area contributed by atoms with Gasteiger partial charge in [0.05, 0.1) is 42.7 Å². The SMILES string of the molecule is CCCCCCCCCN(C)[C@H](C(=O)N[C@H](C(=O)N(C)[C@@H]([C@@H](C)CC)[C@@H](CC(=O)N1CCC[C@H]1[C@H](OC)[C@@H](C)C(=O)C[C@@H](Cc1ccccc1)C(=O)O)OC)C(C)C)C(C)C. The van der Waals surface area contributed by atoms with E-state index in [0.29, 0.717) is 13.0 Å². The lowest BCUT2D eigenvalue weighted by molar-refractivity contribution is -0.148. The first-order valence-corrected chi connectivity index (χ1v) is 23.4. The number of likely N-dealkylation sites (N-methyl/N-ethyl adjacent to an activating group) is 2. The number of benzene rings is 1. The third-order valence-corrected chi connectivity index (χ3v) is 13.2. The second kappa shape index (κ2) is 27.7. The molecule has 348 valence electrons. The highest BCUT2D eigenvalue weighted by atomic mass is 16.5. The highest BCUT2D eigenvalue weighted by Crippen LogP contribution is 2.31. The zero-order valence-electron chi connectivity index (χ0n) is 40.0. The van der Waals surface area contributed by atoms with Gasteiger partial charge in [-0.05, 0) is 62.6 Å². The van der Waals surface area contributed by atoms with Crippen LogP contribution in [0.2, 0.25) is 0 Å². The number of carboxylic acids is 1. The van der Waals surface area contributed by atoms with E-state index in [1.54, 1.807) is 30.9 Å². The van der Waals surface area contributed by atoms with Crippen LogP contribution in [0.3, 0.4) is 0 Å². The van der Waals surface area contributed by atoms with Crippen LogP contribution in [0.1, 0.15) is 138 Å². The van der Waals surface area contributed by atoms with Crippen molar-refractivity contribution >= 4 is 29.5 Å². The molecule has 1 heterocycles. The number of rotatable bonds is 30. The van der Waals surface area contributed by atoms with E-state index >= 15 is 0 Å². The number of hydrogen-bond acceptors (Lipinski definition) is 8. The van der Waals surface area contributed by atoms with Gasteiger partial charge in [0.15, 0.2) is 0 Å². The quantitative estimate of drug-likeness (QED) is 0.0746. The van der Waals surface area contributed by atoms with Crippen molar-refractivity contribution in [2.24, 2.45) is 29.6 Å². The second-order valence-electron chi connectivity index (χ2n) is 18.5. The van der Waals surface area contributed by atoms with Gasteiger partial charge in [0.2, 0.25) is 17.7 Å². The Labute approximate surface area is 369 Å². The molecule has 9 atom stereocenters. The van der Waals surface area contributed by atoms with Crippen molar-refractivity contribution in [2.45, 2.75) is 175 Å². The van der Waals surface area contributed by atoms with Gasteiger partial charge in [0.25, 0.3) is 0 Å². The number of Topliss-reactive ketones (excluding diaryl/α,β-unsaturated/α-hetero) is 1. The number of amides is 3. The molecule has 0 aliphatic carbocycles. The van der Waals surface area contributed by atoms with E-state index in [0.717, 1.165) is 37.8 Å². The Bertz CT molecular complexity index is 1470. The lowest BCUT2D eigenvalue weighted by atomic mass is 9.85. The molecule has 61 heavy (non-hydrogen) atoms. The van der Waals surface area contributed by atoms with E-state index in [-0.39, 0.29) is 72.6 Å². The average molecular weight is 857 g/mol. The third-order valence-electron chi connectivity index (χ3n) is 13.2. The molecule has 12 nitrogen and oxygen atoms in total. The van der Waals surface area contributed by atoms with Crippen LogP contribution < -0.4 is 5.32 Å². The highest BCUT2D eigenvalue weighted by molar-refractivity contribution is 5.90. The molecular weight excluding hydrogens is 773 g/mol. The maximum atomic E-state index is 14.5. The van der Waals surface area contributed by atoms with Crippen molar-refractivity contribution in [2.75, 3.05) is 41.4 Å². The first-order valence-electron chi connectivity index (χ1n) is 23.4. The van der Waals surface area contributed by atoms with E-state index in [2.05, 4.69) is 24.1 Å². The summed E-state index contributed by atoms with van der Waals surface area (Å²) in [6.07, 6.45) is 9.31. The maximum absolute atomic E-state index is 14.5. The van der Waals surface area contributed by atoms with Crippen LogP contribution in [-0.2, 0) is 39.9 Å². The lowest BCUT2D eigenvalue weighted by Crippen LogP contribution is -2.60. The van der Waals surface area contributed by atoms with Crippen molar-refractivity contribution in [3.8, 4) is 0 Å². The van der Waals surface area contributed by atoms with Crippen LogP contribution in [0.4, 0.5) is 0 Å². The minimum atomic E-state index is -1.02. The first-order chi connectivity index (χ1) is 28.9. The van der Waals surface area contributed by atoms with Crippen LogP contribution in [0, 0.1) is 29.6 Å². The Balaban J connectivity index is 2.22. The molecule has 1 fully saturated rings. The third kappa shape index (κ3) is 16.4. The fourth-order valence-corrected chi connectivity index (χ4v) is 9.36. The standard InChI is InChI=1S/C49H84N4O8/c1-13-15-16-17-18-19-23-28-51(9)44(34(5)6)47(56)50-43(33(3)4)48(57)52(10)45(35(7)14-2)41(60-11)32-42(55)53-29-24-27-39(53)46(61-12)36(8)40(54)31-38(49(58)59)30-37-25-21-20-22-26-37/h20-22,25-26,33-36,38-39,41,43-46H,13-19,23-24,27-32H2,1-12H3,(H,50,56)(H,58,59)/t35-,36-,38+,39-,41+,43-,44-,45-,46+/m0/s1. The highest BCUT2D eigenvalue weighted by Gasteiger charge is 2.43. The van der Waals surface area contributed by atoms with Crippen molar-refractivity contribution in [1.82, 2.24) is 20.0 Å². The predicted octanol–water partition coefficient (Wildman–Crippen LogP) is 7.66. The Hall–Kier alpha value is -3.35. The molecule has 0 spiro atoms. The van der Waals surface area contributed by atoms with Crippen molar-refractivity contribution in [3.05, 3.63) is 35.9 Å². The molecule has 1 saturated heterocycles. The Kier molecular flexibility index (Phi) is 24.4. The number of aliphatic carboxylic acids is 1. The Morgan fingerprint density at radius 2 is 1.48 bits per heavy atom. The van der Waals surface area contributed by atoms with Gasteiger partial charge in [-0.1, -0.05) is 131 Å². The van der Waals surface area contributed by atoms with Gasteiger partial charge in [-0.25, -0.2) is 0 Å². The molecule has 1 aliphatic heterocycles. The average Bonchev–Trinajstić information content (AvgIpc) is 3.71. The van der Waals surface area contributed by atoms with Gasteiger partial charge in [-0.3, -0.25) is 28.9 Å². The molecule has 1 aliphatic rings. The molecule has 0 bridgehead atoms. The summed E-state index contributed by atoms with van der Waals surface area (Å²) in [5.74, 6) is -3.48. The van der Waals surface area contributed by atoms with E-state index in [1.165, 1.54) is 39.2 Å². The minimum absolute atomic E-state index is 0.00801. The van der Waals surface area contributed by atoms with Gasteiger partial charge in [0, 0.05) is 40.2 Å². The molecule has 12 heteroatoms. The number of nitrogens with one attached hydrogen (secondary N) is 1. The van der Waals surface area contributed by atoms with E-state index in [1.807, 2.05) is 72.0 Å². The smallest absolute Gasteiger partial charge is 0.307 e. The zero-order valence-corrected chi connectivity index (χ0v) is 40.0. The van der Waals surface area contributed by atoms with Crippen molar-refractivity contribution in [1.29, 1.82) is 0 Å². The lowest BCUT2D eigenvalue weighted by Gasteiger charge is -2.41. The fraction of sp³-hybridized carbons (Fsp3) is 0.776. The predicted molar refractivity (Wildman–Crippen MR) is 243 cm³/mol. The van der Waals surface area contributed by atoms with Crippen LogP contribution >= 0.6 is 0 Å². The number of hydrogen-bond donors (Lipinski definition) is 2. The number of carboxylic acid groups (broad SMARTS) is 1. The van der Waals surface area contributed by atoms with Crippen molar-refractivity contribution < 1.29 is 38.6 Å². The number of ether oxygens (including phenoxy) is 2. The zero-order chi connectivity index (χ0) is 45.8. The number of carbonyl (C=O) groups is 5. The summed E-state index contributed by atoms with van der Waals surface area (Å²) < 4.78 is 12.0. The molecule has 0 radical (unpaired) electrons. The molecule has 2 rings (SSSR count). The summed E-state index contributed by atoms with van der Waals surface area (Å²) in [4.78, 5) is 74.3. The number of ketones is 1. The van der Waals surface area contributed by atoms with Crippen LogP contribution in [-0.4, -0.2) is 127 Å². The number of methoxy groups -OCH3 is 2. The normalized spacial score (nSPS) is 18.3. The first kappa shape index (κ1) is 53.8. The van der Waals surface area contributed by atoms with E-state index in [4.69, 9.17) is 9.47 Å². The molecule has 3 amide bonds. The van der Waals surface area contributed by atoms with Crippen molar-refractivity contribution in [3.63, 3.8) is 0 Å². The van der Waals surface area contributed by atoms with Gasteiger partial charge in [-0.15, -0.1) is 0 Å². The van der Waals surface area contributed by atoms with Gasteiger partial charge >= 0.3 is 5.97 Å². The fourth-order valence-electron chi connectivity index (χ4n) is 9.36. The minimum Gasteiger partial charge on any atom is -0.481 e. The summed E-state index contributed by atoms with van der Waals surface area (Å²) >= 11 is 0. The van der Waals surface area contributed by atoms with Crippen LogP contribution in [0.15, 0.2) is 30.3 Å². The molecule has 1 aromatic carbocycles. The van der Waals surface area contributed by atoms with Gasteiger partial charge < -0.3 is 29.7 Å². The molecule has 0 aromatic heterocycles. The maximum Gasteiger partial charge on any atom is 0.307 e. The topological polar surface area (TPSA) is 146 Å². The van der Waals surface area contributed by atoms with E-state index < -0.39 is 42.1 Å². The monoisotopic (exact) mass is 857 g/mol. The second-order valence-corrected chi connectivity index (χ2v) is 18.5. The van der Waals surface area contributed by atoms with Gasteiger partial charge in [-0.2, -0.15) is 0 Å². The Morgan fingerprint density at radius 1 is 0.852 bits per heavy atom. The van der Waals surface area contributed by atoms with E-state index in [9.17, 15) is 29.1 Å². The number of likely N-dealkylation sites (tertiary alicyclic amines) is 1. The molecular formula is C49H84N4O8. The van der Waals surface area contributed by atoms with Gasteiger partial charge in [0.1, 0.15) is 11.8 Å². The Morgan fingerprint density at radius 3 is 2.02 bits per heavy atom. The summed E-state index contributed by atoms with van der Waals surface area (Å²) in [5.41, 5.74) is 0.850. The van der Waals surface area contributed by atoms with Crippen LogP contribution in [0.5, 0.6) is 0 Å². The number of unbranched alkanes of at least 4 members (excludes halogenated alkanes) is 6. The molecule has 0 unspecified atom stereocenters. The summed E-state index contributed by atoms with van der Waals surface area (Å²) in [7, 11) is 6.85. The summed E-state index contributed by atoms with van der Waals surface area (Å²) in [6.45, 7) is 17.3. The van der Waals surface area contributed by atoms with Crippen LogP contribution in [0.25, 0.3) is 0 Å². The number of carbonyl (C=O) groups excluding carboxylic acids is 4. The molecule has 2 N–H and O–H groups in total. The largest absolute Gasteiger partial charge is 0.481 e. The summed E-state index contributed by atoms with van der Waals surface area (Å²) in [6, 6.07) is 7.27. The molecule has 1 aromatic rings. The molecule has 0 saturated carbocycles. The number of nitrogens with zero attached hydrogens (tertiary/aromatic N) is 3.